The summed E-state index contributed by atoms with van der Waals surface area (Å²) in [5.74, 6) is -0.884. The molecule has 1 heterocycles. The van der Waals surface area contributed by atoms with Crippen LogP contribution in [0, 0.1) is 22.9 Å². The van der Waals surface area contributed by atoms with Crippen molar-refractivity contribution in [2.24, 2.45) is 0 Å². The molecule has 8 heteroatoms. The van der Waals surface area contributed by atoms with E-state index in [9.17, 15) is 19.3 Å². The Kier molecular flexibility index (Phi) is 4.25. The lowest BCUT2D eigenvalue weighted by atomic mass is 10.2. The highest BCUT2D eigenvalue weighted by Crippen LogP contribution is 2.19. The van der Waals surface area contributed by atoms with E-state index in [1.54, 1.807) is 25.1 Å². The van der Waals surface area contributed by atoms with Gasteiger partial charge in [-0.25, -0.2) is 9.07 Å². The van der Waals surface area contributed by atoms with E-state index in [0.717, 1.165) is 0 Å². The Labute approximate surface area is 141 Å². The number of halogens is 1. The maximum Gasteiger partial charge on any atom is 0.269 e. The Bertz CT molecular complexity index is 951. The number of nitro groups is 1. The summed E-state index contributed by atoms with van der Waals surface area (Å²) in [6.45, 7) is 1.66. The van der Waals surface area contributed by atoms with Gasteiger partial charge >= 0.3 is 0 Å². The van der Waals surface area contributed by atoms with Crippen LogP contribution in [0.15, 0.2) is 54.7 Å². The van der Waals surface area contributed by atoms with Gasteiger partial charge in [0.25, 0.3) is 11.6 Å². The van der Waals surface area contributed by atoms with E-state index < -0.39 is 16.6 Å². The van der Waals surface area contributed by atoms with Crippen molar-refractivity contribution >= 4 is 17.3 Å². The highest BCUT2D eigenvalue weighted by molar-refractivity contribution is 6.05. The third kappa shape index (κ3) is 3.23. The molecule has 0 fully saturated rings. The molecule has 3 rings (SSSR count). The van der Waals surface area contributed by atoms with E-state index in [1.807, 2.05) is 0 Å². The number of hydrogen-bond donors (Lipinski definition) is 1. The predicted octanol–water partition coefficient (Wildman–Crippen LogP) is 3.48. The normalized spacial score (nSPS) is 10.5. The van der Waals surface area contributed by atoms with E-state index in [-0.39, 0.29) is 16.9 Å². The van der Waals surface area contributed by atoms with Gasteiger partial charge in [-0.1, -0.05) is 12.1 Å². The molecule has 25 heavy (non-hydrogen) atoms. The third-order valence-electron chi connectivity index (χ3n) is 3.67. The number of hydrogen-bond acceptors (Lipinski definition) is 4. The molecule has 0 unspecified atom stereocenters. The summed E-state index contributed by atoms with van der Waals surface area (Å²) in [4.78, 5) is 22.5. The van der Waals surface area contributed by atoms with E-state index in [2.05, 4.69) is 10.4 Å². The summed E-state index contributed by atoms with van der Waals surface area (Å²) in [5.41, 5.74) is 1.34. The molecular weight excluding hydrogens is 327 g/mol. The molecule has 7 nitrogen and oxygen atoms in total. The average molecular weight is 340 g/mol. The van der Waals surface area contributed by atoms with Crippen LogP contribution in [0.4, 0.5) is 15.8 Å². The van der Waals surface area contributed by atoms with Crippen molar-refractivity contribution in [3.63, 3.8) is 0 Å². The molecule has 1 N–H and O–H groups in total. The second-order valence-electron chi connectivity index (χ2n) is 5.26. The number of benzene rings is 2. The minimum absolute atomic E-state index is 0.0680. The molecule has 1 amide bonds. The lowest BCUT2D eigenvalue weighted by molar-refractivity contribution is -0.384. The van der Waals surface area contributed by atoms with Crippen LogP contribution >= 0.6 is 0 Å². The Hall–Kier alpha value is -3.55. The topological polar surface area (TPSA) is 90.1 Å². The monoisotopic (exact) mass is 340 g/mol. The van der Waals surface area contributed by atoms with Gasteiger partial charge in [-0.15, -0.1) is 0 Å². The van der Waals surface area contributed by atoms with Crippen LogP contribution in [0.2, 0.25) is 0 Å². The van der Waals surface area contributed by atoms with Crippen LogP contribution in [0.25, 0.3) is 5.69 Å². The minimum Gasteiger partial charge on any atom is -0.322 e. The summed E-state index contributed by atoms with van der Waals surface area (Å²) in [7, 11) is 0. The molecular formula is C17H13FN4O3. The minimum atomic E-state index is -0.520. The van der Waals surface area contributed by atoms with Gasteiger partial charge in [-0.3, -0.25) is 14.9 Å². The van der Waals surface area contributed by atoms with Crippen molar-refractivity contribution in [2.45, 2.75) is 6.92 Å². The van der Waals surface area contributed by atoms with Gasteiger partial charge in [0.1, 0.15) is 11.5 Å². The Morgan fingerprint density at radius 1 is 1.20 bits per heavy atom. The zero-order valence-electron chi connectivity index (χ0n) is 13.1. The first-order valence-corrected chi connectivity index (χ1v) is 7.32. The molecule has 0 bridgehead atoms. The molecule has 0 aliphatic heterocycles. The molecule has 1 aromatic heterocycles. The largest absolute Gasteiger partial charge is 0.322 e. The molecule has 0 saturated heterocycles. The lowest BCUT2D eigenvalue weighted by Crippen LogP contribution is -2.13. The molecule has 3 aromatic rings. The van der Waals surface area contributed by atoms with E-state index in [4.69, 9.17) is 0 Å². The second-order valence-corrected chi connectivity index (χ2v) is 5.26. The van der Waals surface area contributed by atoms with Gasteiger partial charge in [0.05, 0.1) is 22.4 Å². The highest BCUT2D eigenvalue weighted by Gasteiger charge is 2.17. The number of aromatic nitrogens is 2. The molecule has 126 valence electrons. The number of rotatable bonds is 4. The van der Waals surface area contributed by atoms with Gasteiger partial charge in [0, 0.05) is 17.8 Å². The second kappa shape index (κ2) is 6.52. The quantitative estimate of drug-likeness (QED) is 0.581. The van der Waals surface area contributed by atoms with Gasteiger partial charge in [0.15, 0.2) is 0 Å². The smallest absolute Gasteiger partial charge is 0.269 e. The summed E-state index contributed by atoms with van der Waals surface area (Å²) in [6, 6.07) is 11.6. The average Bonchev–Trinajstić information content (AvgIpc) is 2.97. The number of amides is 1. The molecule has 0 atom stereocenters. The number of non-ortho nitro benzene ring substituents is 1. The standard InChI is InChI=1S/C17H13FN4O3/c1-11-14(10-19-21(11)16-5-3-2-4-15(16)18)17(23)20-12-6-8-13(9-7-12)22(24)25/h2-10H,1H3,(H,20,23). The predicted molar refractivity (Wildman–Crippen MR) is 89.3 cm³/mol. The van der Waals surface area contributed by atoms with Crippen molar-refractivity contribution in [2.75, 3.05) is 5.32 Å². The highest BCUT2D eigenvalue weighted by atomic mass is 19.1. The van der Waals surface area contributed by atoms with Gasteiger partial charge in [0.2, 0.25) is 0 Å². The van der Waals surface area contributed by atoms with Gasteiger partial charge in [-0.2, -0.15) is 5.10 Å². The van der Waals surface area contributed by atoms with E-state index in [1.165, 1.54) is 41.2 Å². The maximum atomic E-state index is 13.9. The SMILES string of the molecule is Cc1c(C(=O)Nc2ccc([N+](=O)[O-])cc2)cnn1-c1ccccc1F. The van der Waals surface area contributed by atoms with Gasteiger partial charge < -0.3 is 5.32 Å². The van der Waals surface area contributed by atoms with Crippen molar-refractivity contribution in [1.82, 2.24) is 9.78 Å². The number of para-hydroxylation sites is 1. The number of carbonyl (C=O) groups excluding carboxylic acids is 1. The summed E-state index contributed by atoms with van der Waals surface area (Å²) in [6.07, 6.45) is 1.35. The van der Waals surface area contributed by atoms with Crippen LogP contribution in [-0.4, -0.2) is 20.6 Å². The van der Waals surface area contributed by atoms with E-state index >= 15 is 0 Å². The number of carbonyl (C=O) groups is 1. The van der Waals surface area contributed by atoms with Crippen molar-refractivity contribution in [1.29, 1.82) is 0 Å². The van der Waals surface area contributed by atoms with E-state index in [0.29, 0.717) is 11.4 Å². The lowest BCUT2D eigenvalue weighted by Gasteiger charge is -2.07. The van der Waals surface area contributed by atoms with Crippen molar-refractivity contribution in [3.8, 4) is 5.69 Å². The summed E-state index contributed by atoms with van der Waals surface area (Å²) >= 11 is 0. The third-order valence-corrected chi connectivity index (χ3v) is 3.67. The Morgan fingerprint density at radius 2 is 1.88 bits per heavy atom. The van der Waals surface area contributed by atoms with Crippen LogP contribution in [0.1, 0.15) is 16.1 Å². The summed E-state index contributed by atoms with van der Waals surface area (Å²) in [5, 5.41) is 17.4. The fraction of sp³-hybridized carbons (Fsp3) is 0.0588. The Balaban J connectivity index is 1.84. The fourth-order valence-electron chi connectivity index (χ4n) is 2.36. The van der Waals surface area contributed by atoms with Crippen LogP contribution in [0.3, 0.4) is 0 Å². The molecule has 0 aliphatic carbocycles. The first-order valence-electron chi connectivity index (χ1n) is 7.32. The zero-order chi connectivity index (χ0) is 18.0. The van der Waals surface area contributed by atoms with Crippen LogP contribution < -0.4 is 5.32 Å². The molecule has 0 radical (unpaired) electrons. The maximum absolute atomic E-state index is 13.9. The van der Waals surface area contributed by atoms with Gasteiger partial charge in [-0.05, 0) is 31.2 Å². The molecule has 0 spiro atoms. The first kappa shape index (κ1) is 16.3. The number of nitrogens with zero attached hydrogens (tertiary/aromatic N) is 3. The first-order chi connectivity index (χ1) is 12.0. The molecule has 2 aromatic carbocycles. The summed E-state index contributed by atoms with van der Waals surface area (Å²) < 4.78 is 15.2. The van der Waals surface area contributed by atoms with Crippen LogP contribution in [0.5, 0.6) is 0 Å². The van der Waals surface area contributed by atoms with Crippen molar-refractivity contribution in [3.05, 3.63) is 81.9 Å². The zero-order valence-corrected chi connectivity index (χ0v) is 13.1. The number of nitrogens with one attached hydrogen (secondary N) is 1. The van der Waals surface area contributed by atoms with Crippen molar-refractivity contribution < 1.29 is 14.1 Å². The Morgan fingerprint density at radius 3 is 2.52 bits per heavy atom. The molecule has 0 aliphatic rings. The van der Waals surface area contributed by atoms with Crippen LogP contribution in [-0.2, 0) is 0 Å². The number of anilines is 1. The number of nitro benzene ring substituents is 1. The fourth-order valence-corrected chi connectivity index (χ4v) is 2.36. The molecule has 0 saturated carbocycles.